The number of carbonyl (C=O) groups excluding carboxylic acids is 2. The highest BCUT2D eigenvalue weighted by Gasteiger charge is 2.63. The Balaban J connectivity index is 1.15. The van der Waals surface area contributed by atoms with Crippen LogP contribution in [0.2, 0.25) is 0 Å². The third-order valence-corrected chi connectivity index (χ3v) is 10.1. The number of anilines is 3. The second-order valence-corrected chi connectivity index (χ2v) is 12.6. The minimum absolute atomic E-state index is 0.105. The van der Waals surface area contributed by atoms with Crippen molar-refractivity contribution in [1.29, 1.82) is 0 Å². The first-order valence-corrected chi connectivity index (χ1v) is 14.4. The van der Waals surface area contributed by atoms with E-state index in [9.17, 15) is 22.8 Å². The number of aryl methyl sites for hydroxylation is 2. The lowest BCUT2D eigenvalue weighted by atomic mass is 9.83. The van der Waals surface area contributed by atoms with E-state index < -0.39 is 12.6 Å². The number of carbonyl (C=O) groups is 2. The van der Waals surface area contributed by atoms with Gasteiger partial charge < -0.3 is 16.0 Å². The Morgan fingerprint density at radius 1 is 1.25 bits per heavy atom. The third kappa shape index (κ3) is 4.45. The van der Waals surface area contributed by atoms with E-state index in [1.807, 2.05) is 4.57 Å². The highest BCUT2D eigenvalue weighted by Crippen LogP contribution is 2.66. The van der Waals surface area contributed by atoms with Crippen LogP contribution in [0.3, 0.4) is 0 Å². The number of rotatable bonds is 8. The number of amides is 2. The molecule has 3 heterocycles. The summed E-state index contributed by atoms with van der Waals surface area (Å²) >= 11 is 1.42. The van der Waals surface area contributed by atoms with Crippen molar-refractivity contribution >= 4 is 39.9 Å². The van der Waals surface area contributed by atoms with Crippen molar-refractivity contribution in [2.75, 3.05) is 10.6 Å². The number of alkyl halides is 3. The van der Waals surface area contributed by atoms with Gasteiger partial charge in [0, 0.05) is 36.0 Å². The predicted molar refractivity (Wildman–Crippen MR) is 141 cm³/mol. The zero-order valence-electron chi connectivity index (χ0n) is 21.8. The van der Waals surface area contributed by atoms with E-state index in [2.05, 4.69) is 31.2 Å². The van der Waals surface area contributed by atoms with Crippen molar-refractivity contribution in [3.05, 3.63) is 34.1 Å². The highest BCUT2D eigenvalue weighted by atomic mass is 32.1. The van der Waals surface area contributed by atoms with E-state index in [1.165, 1.54) is 22.1 Å². The number of nitrogens with one attached hydrogen (secondary N) is 3. The minimum atomic E-state index is -2.69. The highest BCUT2D eigenvalue weighted by molar-refractivity contribution is 7.17. The molecule has 1 spiro atoms. The molecule has 4 aliphatic carbocycles. The van der Waals surface area contributed by atoms with Gasteiger partial charge >= 0.3 is 0 Å². The summed E-state index contributed by atoms with van der Waals surface area (Å²) in [6, 6.07) is 1.34. The van der Waals surface area contributed by atoms with Crippen molar-refractivity contribution in [2.24, 2.45) is 18.4 Å². The Hall–Kier alpha value is -3.42. The molecular weight excluding hydrogens is 545 g/mol. The molecule has 3 fully saturated rings. The maximum atomic E-state index is 13.6. The van der Waals surface area contributed by atoms with E-state index in [1.54, 1.807) is 13.4 Å². The molecule has 2 amide bonds. The first-order valence-electron chi connectivity index (χ1n) is 13.6. The summed E-state index contributed by atoms with van der Waals surface area (Å²) < 4.78 is 42.9. The quantitative estimate of drug-likeness (QED) is 0.366. The molecule has 7 rings (SSSR count). The van der Waals surface area contributed by atoms with E-state index in [0.717, 1.165) is 36.1 Å². The zero-order valence-corrected chi connectivity index (χ0v) is 22.6. The lowest BCUT2D eigenvalue weighted by Crippen LogP contribution is -2.36. The van der Waals surface area contributed by atoms with Gasteiger partial charge in [0.1, 0.15) is 29.0 Å². The van der Waals surface area contributed by atoms with Crippen molar-refractivity contribution < 1.29 is 22.8 Å². The van der Waals surface area contributed by atoms with E-state index in [4.69, 9.17) is 0 Å². The summed E-state index contributed by atoms with van der Waals surface area (Å²) in [4.78, 5) is 27.5. The van der Waals surface area contributed by atoms with Crippen LogP contribution in [0.4, 0.5) is 29.9 Å². The summed E-state index contributed by atoms with van der Waals surface area (Å²) in [5.41, 5.74) is 1.32. The SMILES string of the molecule is Cn1nc(C(F)F)cc1Nc1nncn1[C@H]1CCc2sc(NC(=O)C3CC(F)C3)c(C(=O)N[C@@H]3CC34CC4)c2C1. The van der Waals surface area contributed by atoms with Crippen LogP contribution in [-0.2, 0) is 24.7 Å². The van der Waals surface area contributed by atoms with Gasteiger partial charge in [0.25, 0.3) is 12.3 Å². The molecule has 0 aromatic carbocycles. The Kier molecular flexibility index (Phi) is 5.95. The van der Waals surface area contributed by atoms with Crippen LogP contribution >= 0.6 is 11.3 Å². The average molecular weight is 575 g/mol. The second-order valence-electron chi connectivity index (χ2n) is 11.5. The van der Waals surface area contributed by atoms with Crippen LogP contribution in [-0.4, -0.2) is 48.6 Å². The minimum Gasteiger partial charge on any atom is -0.349 e. The number of halogens is 3. The molecule has 10 nitrogen and oxygen atoms in total. The molecule has 0 radical (unpaired) electrons. The van der Waals surface area contributed by atoms with Crippen molar-refractivity contribution in [2.45, 2.75) is 76.0 Å². The topological polar surface area (TPSA) is 119 Å². The summed E-state index contributed by atoms with van der Waals surface area (Å²) in [6.45, 7) is 0. The van der Waals surface area contributed by atoms with Crippen LogP contribution in [0.1, 0.15) is 77.5 Å². The van der Waals surface area contributed by atoms with Gasteiger partial charge in [-0.25, -0.2) is 13.2 Å². The Morgan fingerprint density at radius 2 is 2.05 bits per heavy atom. The monoisotopic (exact) mass is 574 g/mol. The lowest BCUT2D eigenvalue weighted by Gasteiger charge is -2.28. The second kappa shape index (κ2) is 9.32. The summed E-state index contributed by atoms with van der Waals surface area (Å²) in [5.74, 6) is -0.0687. The first kappa shape index (κ1) is 25.5. The average Bonchev–Trinajstić information content (AvgIpc) is 3.60. The standard InChI is InChI=1S/C26H29F3N8O2S/c1-36-19(9-16(35-36)21(28)29)32-25-34-30-11-37(25)14-2-3-17-15(8-14)20(23(39)31-18-10-26(18)4-5-26)24(40-17)33-22(38)12-6-13(27)7-12/h9,11-14,18,21H,2-8,10H2,1H3,(H,31,39)(H,32,34)(H,33,38)/t12?,13?,14-,18+/m0/s1. The van der Waals surface area contributed by atoms with Crippen LogP contribution in [0, 0.1) is 11.3 Å². The maximum Gasteiger partial charge on any atom is 0.282 e. The Bertz CT molecular complexity index is 1490. The molecule has 212 valence electrons. The molecule has 0 unspecified atom stereocenters. The van der Waals surface area contributed by atoms with E-state index in [0.29, 0.717) is 35.2 Å². The fourth-order valence-electron chi connectivity index (χ4n) is 6.03. The van der Waals surface area contributed by atoms with Crippen LogP contribution in [0.5, 0.6) is 0 Å². The number of nitrogens with zero attached hydrogens (tertiary/aromatic N) is 5. The van der Waals surface area contributed by atoms with E-state index >= 15 is 0 Å². The number of hydrogen-bond acceptors (Lipinski definition) is 7. The summed E-state index contributed by atoms with van der Waals surface area (Å²) in [7, 11) is 1.57. The number of hydrogen-bond donors (Lipinski definition) is 3. The number of aromatic nitrogens is 5. The van der Waals surface area contributed by atoms with Crippen molar-refractivity contribution in [1.82, 2.24) is 29.9 Å². The van der Waals surface area contributed by atoms with E-state index in [-0.39, 0.29) is 53.8 Å². The first-order chi connectivity index (χ1) is 19.2. The van der Waals surface area contributed by atoms with Crippen LogP contribution < -0.4 is 16.0 Å². The molecule has 4 aliphatic rings. The van der Waals surface area contributed by atoms with Gasteiger partial charge in [-0.3, -0.25) is 18.8 Å². The molecule has 0 aliphatic heterocycles. The molecule has 40 heavy (non-hydrogen) atoms. The smallest absolute Gasteiger partial charge is 0.282 e. The molecule has 2 atom stereocenters. The molecule has 0 bridgehead atoms. The van der Waals surface area contributed by atoms with Gasteiger partial charge in [0.2, 0.25) is 11.9 Å². The molecule has 3 aromatic heterocycles. The predicted octanol–water partition coefficient (Wildman–Crippen LogP) is 4.45. The fraction of sp³-hybridized carbons (Fsp3) is 0.577. The molecular formula is C26H29F3N8O2S. The normalized spacial score (nSPS) is 25.8. The molecule has 14 heteroatoms. The molecule has 3 N–H and O–H groups in total. The van der Waals surface area contributed by atoms with Crippen molar-refractivity contribution in [3.63, 3.8) is 0 Å². The maximum absolute atomic E-state index is 13.6. The lowest BCUT2D eigenvalue weighted by molar-refractivity contribution is -0.124. The van der Waals surface area contributed by atoms with Gasteiger partial charge in [-0.1, -0.05) is 0 Å². The summed E-state index contributed by atoms with van der Waals surface area (Å²) in [5, 5.41) is 21.8. The van der Waals surface area contributed by atoms with Crippen LogP contribution in [0.25, 0.3) is 0 Å². The fourth-order valence-corrected chi connectivity index (χ4v) is 7.27. The summed E-state index contributed by atoms with van der Waals surface area (Å²) in [6.07, 6.45) is 3.57. The van der Waals surface area contributed by atoms with Gasteiger partial charge in [-0.05, 0) is 62.3 Å². The Labute approximate surface area is 231 Å². The van der Waals surface area contributed by atoms with Crippen LogP contribution in [0.15, 0.2) is 12.4 Å². The third-order valence-electron chi connectivity index (χ3n) is 8.87. The Morgan fingerprint density at radius 3 is 2.73 bits per heavy atom. The molecule has 3 saturated carbocycles. The zero-order chi connectivity index (χ0) is 27.8. The van der Waals surface area contributed by atoms with Gasteiger partial charge in [-0.2, -0.15) is 5.10 Å². The molecule has 0 saturated heterocycles. The number of fused-ring (bicyclic) bond motifs is 1. The largest absolute Gasteiger partial charge is 0.349 e. The van der Waals surface area contributed by atoms with Gasteiger partial charge in [-0.15, -0.1) is 21.5 Å². The number of thiophene rings is 1. The van der Waals surface area contributed by atoms with Gasteiger partial charge in [0.05, 0.1) is 5.56 Å². The van der Waals surface area contributed by atoms with Gasteiger partial charge in [0.15, 0.2) is 0 Å². The molecule has 3 aromatic rings. The van der Waals surface area contributed by atoms with Crippen molar-refractivity contribution in [3.8, 4) is 0 Å².